The summed E-state index contributed by atoms with van der Waals surface area (Å²) >= 11 is 0. The molecule has 0 aliphatic carbocycles. The van der Waals surface area contributed by atoms with Crippen LogP contribution in [0.5, 0.6) is 0 Å². The van der Waals surface area contributed by atoms with Crippen molar-refractivity contribution < 1.29 is 4.79 Å². The minimum Gasteiger partial charge on any atom is -0.351 e. The van der Waals surface area contributed by atoms with E-state index < -0.39 is 0 Å². The van der Waals surface area contributed by atoms with Gasteiger partial charge in [-0.3, -0.25) is 4.79 Å². The van der Waals surface area contributed by atoms with E-state index in [-0.39, 0.29) is 11.4 Å². The van der Waals surface area contributed by atoms with Gasteiger partial charge in [0.2, 0.25) is 5.91 Å². The molecule has 19 heavy (non-hydrogen) atoms. The summed E-state index contributed by atoms with van der Waals surface area (Å²) in [5.74, 6) is 0.767. The zero-order valence-electron chi connectivity index (χ0n) is 12.9. The largest absolute Gasteiger partial charge is 0.351 e. The number of carbonyl (C=O) groups excluding carboxylic acids is 1. The summed E-state index contributed by atoms with van der Waals surface area (Å²) in [5.41, 5.74) is 2.30. The summed E-state index contributed by atoms with van der Waals surface area (Å²) in [6.07, 6.45) is 2.49. The molecule has 0 atom stereocenters. The number of carbonyl (C=O) groups is 1. The second kappa shape index (κ2) is 6.74. The van der Waals surface area contributed by atoms with Gasteiger partial charge in [-0.1, -0.05) is 45.0 Å². The van der Waals surface area contributed by atoms with Gasteiger partial charge in [-0.2, -0.15) is 0 Å². The molecule has 0 aliphatic heterocycles. The monoisotopic (exact) mass is 261 g/mol. The molecule has 0 fully saturated rings. The van der Waals surface area contributed by atoms with Crippen molar-refractivity contribution in [2.75, 3.05) is 0 Å². The molecule has 1 N–H and O–H groups in total. The van der Waals surface area contributed by atoms with Crippen molar-refractivity contribution in [2.45, 2.75) is 59.4 Å². The van der Waals surface area contributed by atoms with Gasteiger partial charge in [-0.25, -0.2) is 0 Å². The van der Waals surface area contributed by atoms with E-state index in [1.165, 1.54) is 5.56 Å². The van der Waals surface area contributed by atoms with Crippen LogP contribution >= 0.6 is 0 Å². The fourth-order valence-electron chi connectivity index (χ4n) is 1.96. The number of benzene rings is 1. The second-order valence-electron chi connectivity index (χ2n) is 6.38. The minimum atomic E-state index is -0.116. The van der Waals surface area contributed by atoms with E-state index in [2.05, 4.69) is 64.2 Å². The Labute approximate surface area is 117 Å². The molecule has 1 aromatic carbocycles. The zero-order valence-corrected chi connectivity index (χ0v) is 12.9. The molecule has 1 rings (SSSR count). The first kappa shape index (κ1) is 15.7. The summed E-state index contributed by atoms with van der Waals surface area (Å²) in [6, 6.07) is 8.40. The topological polar surface area (TPSA) is 29.1 Å². The van der Waals surface area contributed by atoms with Gasteiger partial charge < -0.3 is 5.32 Å². The van der Waals surface area contributed by atoms with E-state index in [0.717, 1.165) is 18.4 Å². The Balaban J connectivity index is 2.56. The summed E-state index contributed by atoms with van der Waals surface area (Å²) in [7, 11) is 0. The third-order valence-electron chi connectivity index (χ3n) is 3.39. The van der Waals surface area contributed by atoms with Gasteiger partial charge in [0.25, 0.3) is 0 Å². The van der Waals surface area contributed by atoms with Crippen LogP contribution in [0.3, 0.4) is 0 Å². The molecule has 0 heterocycles. The maximum Gasteiger partial charge on any atom is 0.224 e. The van der Waals surface area contributed by atoms with E-state index in [9.17, 15) is 4.79 Å². The van der Waals surface area contributed by atoms with Crippen LogP contribution in [0, 0.1) is 5.92 Å². The van der Waals surface area contributed by atoms with E-state index in [0.29, 0.717) is 12.3 Å². The van der Waals surface area contributed by atoms with Gasteiger partial charge in [0, 0.05) is 5.54 Å². The lowest BCUT2D eigenvalue weighted by molar-refractivity contribution is -0.122. The van der Waals surface area contributed by atoms with Gasteiger partial charge in [-0.15, -0.1) is 0 Å². The quantitative estimate of drug-likeness (QED) is 0.830. The third-order valence-corrected chi connectivity index (χ3v) is 3.39. The van der Waals surface area contributed by atoms with Crippen molar-refractivity contribution in [3.8, 4) is 0 Å². The molecule has 2 heteroatoms. The zero-order chi connectivity index (χ0) is 14.5. The summed E-state index contributed by atoms with van der Waals surface area (Å²) in [5, 5.41) is 3.06. The summed E-state index contributed by atoms with van der Waals surface area (Å²) < 4.78 is 0. The van der Waals surface area contributed by atoms with Crippen molar-refractivity contribution in [3.63, 3.8) is 0 Å². The van der Waals surface area contributed by atoms with Crippen molar-refractivity contribution in [1.29, 1.82) is 0 Å². The van der Waals surface area contributed by atoms with E-state index in [1.807, 2.05) is 0 Å². The first-order valence-electron chi connectivity index (χ1n) is 7.21. The second-order valence-corrected chi connectivity index (χ2v) is 6.38. The van der Waals surface area contributed by atoms with Crippen LogP contribution in [-0.4, -0.2) is 11.4 Å². The Kier molecular flexibility index (Phi) is 5.59. The van der Waals surface area contributed by atoms with Crippen molar-refractivity contribution in [3.05, 3.63) is 35.4 Å². The molecular weight excluding hydrogens is 234 g/mol. The van der Waals surface area contributed by atoms with Crippen molar-refractivity contribution in [1.82, 2.24) is 5.32 Å². The van der Waals surface area contributed by atoms with E-state index in [1.54, 1.807) is 0 Å². The highest BCUT2D eigenvalue weighted by Crippen LogP contribution is 2.11. The lowest BCUT2D eigenvalue weighted by atomic mass is 9.99. The van der Waals surface area contributed by atoms with Gasteiger partial charge >= 0.3 is 0 Å². The Morgan fingerprint density at radius 2 is 1.68 bits per heavy atom. The fraction of sp³-hybridized carbons (Fsp3) is 0.588. The molecule has 0 spiro atoms. The number of nitrogens with one attached hydrogen (secondary N) is 1. The average Bonchev–Trinajstić information content (AvgIpc) is 2.30. The Hall–Kier alpha value is -1.31. The standard InChI is InChI=1S/C17H27NO/c1-6-17(4,5)18-16(19)12-15-9-7-14(8-10-15)11-13(2)3/h7-10,13H,6,11-12H2,1-5H3,(H,18,19). The SMILES string of the molecule is CCC(C)(C)NC(=O)Cc1ccc(CC(C)C)cc1. The van der Waals surface area contributed by atoms with Crippen LogP contribution in [0.4, 0.5) is 0 Å². The molecule has 0 radical (unpaired) electrons. The lowest BCUT2D eigenvalue weighted by Gasteiger charge is -2.24. The van der Waals surface area contributed by atoms with Crippen molar-refractivity contribution >= 4 is 5.91 Å². The van der Waals surface area contributed by atoms with Crippen molar-refractivity contribution in [2.24, 2.45) is 5.92 Å². The number of rotatable bonds is 6. The van der Waals surface area contributed by atoms with Gasteiger partial charge in [0.1, 0.15) is 0 Å². The van der Waals surface area contributed by atoms with Gasteiger partial charge in [0.15, 0.2) is 0 Å². The highest BCUT2D eigenvalue weighted by atomic mass is 16.1. The Morgan fingerprint density at radius 1 is 1.16 bits per heavy atom. The molecule has 0 unspecified atom stereocenters. The fourth-order valence-corrected chi connectivity index (χ4v) is 1.96. The van der Waals surface area contributed by atoms with E-state index in [4.69, 9.17) is 0 Å². The molecule has 0 bridgehead atoms. The van der Waals surface area contributed by atoms with Crippen LogP contribution in [0.25, 0.3) is 0 Å². The van der Waals surface area contributed by atoms with Crippen LogP contribution in [0.1, 0.15) is 52.2 Å². The minimum absolute atomic E-state index is 0.100. The van der Waals surface area contributed by atoms with Crippen LogP contribution in [0.15, 0.2) is 24.3 Å². The van der Waals surface area contributed by atoms with Crippen LogP contribution in [0.2, 0.25) is 0 Å². The highest BCUT2D eigenvalue weighted by Gasteiger charge is 2.17. The van der Waals surface area contributed by atoms with Crippen LogP contribution in [-0.2, 0) is 17.6 Å². The van der Waals surface area contributed by atoms with Gasteiger partial charge in [-0.05, 0) is 43.7 Å². The molecule has 1 aromatic rings. The maximum absolute atomic E-state index is 11.9. The normalized spacial score (nSPS) is 11.7. The molecule has 0 saturated carbocycles. The molecule has 0 saturated heterocycles. The summed E-state index contributed by atoms with van der Waals surface area (Å²) in [6.45, 7) is 10.6. The maximum atomic E-state index is 11.9. The molecule has 2 nitrogen and oxygen atoms in total. The molecule has 0 aromatic heterocycles. The first-order chi connectivity index (χ1) is 8.82. The number of amides is 1. The molecule has 1 amide bonds. The first-order valence-corrected chi connectivity index (χ1v) is 7.21. The predicted molar refractivity (Wildman–Crippen MR) is 81.2 cm³/mol. The molecule has 0 aliphatic rings. The highest BCUT2D eigenvalue weighted by molar-refractivity contribution is 5.79. The number of hydrogen-bond acceptors (Lipinski definition) is 1. The average molecular weight is 261 g/mol. The number of hydrogen-bond donors (Lipinski definition) is 1. The van der Waals surface area contributed by atoms with Crippen LogP contribution < -0.4 is 5.32 Å². The smallest absolute Gasteiger partial charge is 0.224 e. The molecule has 106 valence electrons. The Morgan fingerprint density at radius 3 is 2.16 bits per heavy atom. The van der Waals surface area contributed by atoms with E-state index >= 15 is 0 Å². The third kappa shape index (κ3) is 5.91. The predicted octanol–water partition coefficient (Wildman–Crippen LogP) is 3.73. The lowest BCUT2D eigenvalue weighted by Crippen LogP contribution is -2.43. The molecular formula is C17H27NO. The Bertz CT molecular complexity index is 404. The van der Waals surface area contributed by atoms with Gasteiger partial charge in [0.05, 0.1) is 6.42 Å². The summed E-state index contributed by atoms with van der Waals surface area (Å²) in [4.78, 5) is 11.9.